The number of hydrogen-bond acceptors (Lipinski definition) is 2. The zero-order valence-corrected chi connectivity index (χ0v) is 15.1. The van der Waals surface area contributed by atoms with Crippen molar-refractivity contribution in [3.8, 4) is 11.1 Å². The van der Waals surface area contributed by atoms with Gasteiger partial charge in [-0.05, 0) is 31.0 Å². The van der Waals surface area contributed by atoms with Crippen molar-refractivity contribution in [2.45, 2.75) is 24.3 Å². The van der Waals surface area contributed by atoms with Crippen molar-refractivity contribution in [1.82, 2.24) is 4.72 Å². The second kappa shape index (κ2) is 6.82. The van der Waals surface area contributed by atoms with E-state index >= 15 is 0 Å². The Morgan fingerprint density at radius 3 is 1.88 bits per heavy atom. The van der Waals surface area contributed by atoms with Gasteiger partial charge in [0.2, 0.25) is 10.0 Å². The molecule has 128 valence electrons. The van der Waals surface area contributed by atoms with Crippen molar-refractivity contribution in [2.24, 2.45) is 0 Å². The summed E-state index contributed by atoms with van der Waals surface area (Å²) in [7, 11) is -3.69. The molecule has 25 heavy (non-hydrogen) atoms. The molecule has 0 spiro atoms. The Kier molecular flexibility index (Phi) is 4.75. The van der Waals surface area contributed by atoms with E-state index in [0.29, 0.717) is 5.56 Å². The highest BCUT2D eigenvalue weighted by Crippen LogP contribution is 2.29. The summed E-state index contributed by atoms with van der Waals surface area (Å²) in [6.07, 6.45) is 0. The lowest BCUT2D eigenvalue weighted by Crippen LogP contribution is -2.41. The number of rotatable bonds is 5. The van der Waals surface area contributed by atoms with Gasteiger partial charge in [0.15, 0.2) is 0 Å². The zero-order chi connectivity index (χ0) is 17.9. The topological polar surface area (TPSA) is 46.2 Å². The van der Waals surface area contributed by atoms with E-state index in [0.717, 1.165) is 11.1 Å². The van der Waals surface area contributed by atoms with Crippen molar-refractivity contribution in [3.63, 3.8) is 0 Å². The summed E-state index contributed by atoms with van der Waals surface area (Å²) in [6, 6.07) is 26.2. The van der Waals surface area contributed by atoms with Crippen LogP contribution in [0.4, 0.5) is 0 Å². The van der Waals surface area contributed by atoms with Crippen LogP contribution in [0.2, 0.25) is 0 Å². The minimum Gasteiger partial charge on any atom is -0.207 e. The van der Waals surface area contributed by atoms with E-state index in [1.54, 1.807) is 12.1 Å². The molecule has 3 nitrogen and oxygen atoms in total. The van der Waals surface area contributed by atoms with Crippen LogP contribution in [0.15, 0.2) is 89.8 Å². The third kappa shape index (κ3) is 3.81. The van der Waals surface area contributed by atoms with Crippen LogP contribution < -0.4 is 4.72 Å². The molecule has 3 aromatic rings. The average molecular weight is 351 g/mol. The first-order valence-electron chi connectivity index (χ1n) is 8.14. The Bertz CT molecular complexity index is 949. The van der Waals surface area contributed by atoms with Gasteiger partial charge in [-0.3, -0.25) is 0 Å². The predicted molar refractivity (Wildman–Crippen MR) is 102 cm³/mol. The summed E-state index contributed by atoms with van der Waals surface area (Å²) in [5, 5.41) is 0. The molecule has 0 amide bonds. The van der Waals surface area contributed by atoms with Crippen molar-refractivity contribution in [1.29, 1.82) is 0 Å². The van der Waals surface area contributed by atoms with Gasteiger partial charge in [0.25, 0.3) is 0 Å². The molecule has 4 heteroatoms. The molecule has 0 bridgehead atoms. The van der Waals surface area contributed by atoms with Crippen molar-refractivity contribution >= 4 is 10.0 Å². The SMILES string of the molecule is CC(C)(NS(=O)(=O)c1ccccc1-c1ccccc1)c1ccccc1. The van der Waals surface area contributed by atoms with Gasteiger partial charge in [-0.15, -0.1) is 0 Å². The van der Waals surface area contributed by atoms with Gasteiger partial charge in [0.05, 0.1) is 10.4 Å². The third-order valence-corrected chi connectivity index (χ3v) is 5.86. The van der Waals surface area contributed by atoms with Crippen molar-refractivity contribution in [2.75, 3.05) is 0 Å². The minimum atomic E-state index is -3.69. The molecule has 0 heterocycles. The predicted octanol–water partition coefficient (Wildman–Crippen LogP) is 4.57. The maximum atomic E-state index is 13.1. The van der Waals surface area contributed by atoms with E-state index in [4.69, 9.17) is 0 Å². The van der Waals surface area contributed by atoms with E-state index in [1.807, 2.05) is 86.6 Å². The molecule has 0 saturated carbocycles. The Labute approximate surface area is 149 Å². The lowest BCUT2D eigenvalue weighted by Gasteiger charge is -2.27. The van der Waals surface area contributed by atoms with E-state index in [2.05, 4.69) is 4.72 Å². The van der Waals surface area contributed by atoms with Crippen molar-refractivity contribution < 1.29 is 8.42 Å². The van der Waals surface area contributed by atoms with Gasteiger partial charge < -0.3 is 0 Å². The summed E-state index contributed by atoms with van der Waals surface area (Å²) >= 11 is 0. The lowest BCUT2D eigenvalue weighted by molar-refractivity contribution is 0.472. The van der Waals surface area contributed by atoms with Gasteiger partial charge in [0, 0.05) is 5.56 Å². The van der Waals surface area contributed by atoms with E-state index < -0.39 is 15.6 Å². The highest BCUT2D eigenvalue weighted by atomic mass is 32.2. The van der Waals surface area contributed by atoms with Crippen LogP contribution in [-0.2, 0) is 15.6 Å². The van der Waals surface area contributed by atoms with Crippen LogP contribution in [0.5, 0.6) is 0 Å². The molecule has 0 aromatic heterocycles. The molecule has 3 aromatic carbocycles. The largest absolute Gasteiger partial charge is 0.241 e. The standard InChI is InChI=1S/C21H21NO2S/c1-21(2,18-13-7-4-8-14-18)22-25(23,24)20-16-10-9-15-19(20)17-11-5-3-6-12-17/h3-16,22H,1-2H3. The van der Waals surface area contributed by atoms with Crippen molar-refractivity contribution in [3.05, 3.63) is 90.5 Å². The monoisotopic (exact) mass is 351 g/mol. The first kappa shape index (κ1) is 17.4. The molecular formula is C21H21NO2S. The summed E-state index contributed by atoms with van der Waals surface area (Å²) in [5.41, 5.74) is 1.76. The summed E-state index contributed by atoms with van der Waals surface area (Å²) in [4.78, 5) is 0.283. The fraction of sp³-hybridized carbons (Fsp3) is 0.143. The molecule has 3 rings (SSSR count). The molecular weight excluding hydrogens is 330 g/mol. The number of benzene rings is 3. The normalized spacial score (nSPS) is 12.1. The Hall–Kier alpha value is -2.43. The molecule has 0 saturated heterocycles. The van der Waals surface area contributed by atoms with E-state index in [-0.39, 0.29) is 4.90 Å². The fourth-order valence-corrected chi connectivity index (χ4v) is 4.49. The Balaban J connectivity index is 2.02. The van der Waals surface area contributed by atoms with Gasteiger partial charge in [0.1, 0.15) is 0 Å². The molecule has 0 fully saturated rings. The number of nitrogens with one attached hydrogen (secondary N) is 1. The van der Waals surface area contributed by atoms with Crippen LogP contribution >= 0.6 is 0 Å². The van der Waals surface area contributed by atoms with Crippen LogP contribution in [0.3, 0.4) is 0 Å². The highest BCUT2D eigenvalue weighted by molar-refractivity contribution is 7.89. The molecule has 0 radical (unpaired) electrons. The minimum absolute atomic E-state index is 0.283. The second-order valence-electron chi connectivity index (χ2n) is 6.46. The first-order valence-corrected chi connectivity index (χ1v) is 9.62. The number of hydrogen-bond donors (Lipinski definition) is 1. The second-order valence-corrected chi connectivity index (χ2v) is 8.11. The van der Waals surface area contributed by atoms with Crippen LogP contribution in [0.25, 0.3) is 11.1 Å². The molecule has 0 atom stereocenters. The number of sulfonamides is 1. The smallest absolute Gasteiger partial charge is 0.207 e. The first-order chi connectivity index (χ1) is 11.9. The van der Waals surface area contributed by atoms with Gasteiger partial charge >= 0.3 is 0 Å². The molecule has 0 aliphatic rings. The van der Waals surface area contributed by atoms with E-state index in [9.17, 15) is 8.42 Å². The Morgan fingerprint density at radius 1 is 0.720 bits per heavy atom. The van der Waals surface area contributed by atoms with Crippen LogP contribution in [-0.4, -0.2) is 8.42 Å². The van der Waals surface area contributed by atoms with Gasteiger partial charge in [-0.25, -0.2) is 13.1 Å². The average Bonchev–Trinajstić information content (AvgIpc) is 2.62. The fourth-order valence-electron chi connectivity index (χ4n) is 2.86. The quantitative estimate of drug-likeness (QED) is 0.732. The van der Waals surface area contributed by atoms with E-state index in [1.165, 1.54) is 0 Å². The lowest BCUT2D eigenvalue weighted by atomic mass is 9.96. The molecule has 0 unspecified atom stereocenters. The summed E-state index contributed by atoms with van der Waals surface area (Å²) in [5.74, 6) is 0. The third-order valence-electron chi connectivity index (χ3n) is 4.15. The molecule has 1 N–H and O–H groups in total. The maximum Gasteiger partial charge on any atom is 0.241 e. The van der Waals surface area contributed by atoms with Gasteiger partial charge in [-0.2, -0.15) is 0 Å². The zero-order valence-electron chi connectivity index (χ0n) is 14.3. The van der Waals surface area contributed by atoms with Crippen LogP contribution in [0.1, 0.15) is 19.4 Å². The summed E-state index contributed by atoms with van der Waals surface area (Å²) in [6.45, 7) is 3.73. The molecule has 0 aliphatic heterocycles. The Morgan fingerprint density at radius 2 is 1.24 bits per heavy atom. The van der Waals surface area contributed by atoms with Crippen LogP contribution in [0, 0.1) is 0 Å². The van der Waals surface area contributed by atoms with Gasteiger partial charge in [-0.1, -0.05) is 78.9 Å². The maximum absolute atomic E-state index is 13.1. The molecule has 0 aliphatic carbocycles. The summed E-state index contributed by atoms with van der Waals surface area (Å²) < 4.78 is 29.1. The highest BCUT2D eigenvalue weighted by Gasteiger charge is 2.29.